The van der Waals surface area contributed by atoms with Gasteiger partial charge in [-0.3, -0.25) is 9.59 Å². The van der Waals surface area contributed by atoms with Crippen LogP contribution in [-0.4, -0.2) is 66.3 Å². The predicted octanol–water partition coefficient (Wildman–Crippen LogP) is 1.26. The highest BCUT2D eigenvalue weighted by Gasteiger charge is 2.38. The fourth-order valence-electron chi connectivity index (χ4n) is 2.86. The van der Waals surface area contributed by atoms with Crippen molar-refractivity contribution in [1.29, 1.82) is 0 Å². The summed E-state index contributed by atoms with van der Waals surface area (Å²) in [5.74, 6) is 0.146. The third-order valence-corrected chi connectivity index (χ3v) is 5.40. The van der Waals surface area contributed by atoms with E-state index in [0.717, 1.165) is 37.8 Å². The summed E-state index contributed by atoms with van der Waals surface area (Å²) >= 11 is 3.58. The fourth-order valence-corrected chi connectivity index (χ4v) is 3.60. The summed E-state index contributed by atoms with van der Waals surface area (Å²) in [6.07, 6.45) is 2.77. The second-order valence-electron chi connectivity index (χ2n) is 5.81. The first-order valence-corrected chi connectivity index (χ1v) is 8.41. The normalized spacial score (nSPS) is 23.3. The zero-order valence-corrected chi connectivity index (χ0v) is 13.7. The quantitative estimate of drug-likeness (QED) is 0.704. The molecular formula is C14H23BrN2O3. The molecule has 5 nitrogen and oxygen atoms in total. The van der Waals surface area contributed by atoms with E-state index in [9.17, 15) is 9.59 Å². The number of hydrogen-bond acceptors (Lipinski definition) is 3. The zero-order valence-electron chi connectivity index (χ0n) is 12.1. The van der Waals surface area contributed by atoms with Crippen molar-refractivity contribution in [1.82, 2.24) is 9.80 Å². The van der Waals surface area contributed by atoms with Gasteiger partial charge in [0.1, 0.15) is 0 Å². The van der Waals surface area contributed by atoms with Crippen LogP contribution >= 0.6 is 15.9 Å². The number of piperazine rings is 1. The molecule has 114 valence electrons. The first kappa shape index (κ1) is 15.8. The van der Waals surface area contributed by atoms with Gasteiger partial charge in [0.05, 0.1) is 13.1 Å². The number of carbonyl (C=O) groups is 2. The first-order chi connectivity index (χ1) is 9.60. The minimum absolute atomic E-state index is 0.0567. The van der Waals surface area contributed by atoms with Gasteiger partial charge in [-0.1, -0.05) is 22.9 Å². The number of carbonyl (C=O) groups excluding carboxylic acids is 2. The molecule has 20 heavy (non-hydrogen) atoms. The lowest BCUT2D eigenvalue weighted by atomic mass is 9.81. The number of alkyl halides is 1. The van der Waals surface area contributed by atoms with E-state index in [0.29, 0.717) is 13.1 Å². The molecule has 0 bridgehead atoms. The van der Waals surface area contributed by atoms with Gasteiger partial charge in [0.2, 0.25) is 11.8 Å². The van der Waals surface area contributed by atoms with Crippen molar-refractivity contribution in [3.63, 3.8) is 0 Å². The van der Waals surface area contributed by atoms with Crippen molar-refractivity contribution < 1.29 is 14.3 Å². The molecule has 0 aromatic carbocycles. The summed E-state index contributed by atoms with van der Waals surface area (Å²) in [4.78, 5) is 27.7. The molecule has 0 N–H and O–H groups in total. The number of ether oxygens (including phenoxy) is 1. The maximum atomic E-state index is 12.2. The summed E-state index contributed by atoms with van der Waals surface area (Å²) in [7, 11) is 0. The zero-order chi connectivity index (χ0) is 14.6. The third-order valence-electron chi connectivity index (χ3n) is 4.21. The first-order valence-electron chi connectivity index (χ1n) is 7.29. The lowest BCUT2D eigenvalue weighted by Gasteiger charge is -2.42. The molecule has 2 fully saturated rings. The maximum absolute atomic E-state index is 12.2. The summed E-state index contributed by atoms with van der Waals surface area (Å²) in [5.41, 5.74) is 0.0567. The minimum Gasteiger partial charge on any atom is -0.381 e. The Morgan fingerprint density at radius 3 is 2.35 bits per heavy atom. The van der Waals surface area contributed by atoms with Gasteiger partial charge in [-0.2, -0.15) is 0 Å². The van der Waals surface area contributed by atoms with Crippen LogP contribution in [0.2, 0.25) is 0 Å². The van der Waals surface area contributed by atoms with E-state index < -0.39 is 0 Å². The van der Waals surface area contributed by atoms with Crippen molar-refractivity contribution >= 4 is 27.7 Å². The molecule has 0 aliphatic carbocycles. The fraction of sp³-hybridized carbons (Fsp3) is 0.857. The Morgan fingerprint density at radius 1 is 1.15 bits per heavy atom. The predicted molar refractivity (Wildman–Crippen MR) is 79.7 cm³/mol. The van der Waals surface area contributed by atoms with Crippen LogP contribution in [0.4, 0.5) is 0 Å². The number of amides is 2. The second kappa shape index (κ2) is 6.89. The van der Waals surface area contributed by atoms with Crippen LogP contribution in [0.25, 0.3) is 0 Å². The summed E-state index contributed by atoms with van der Waals surface area (Å²) in [6, 6.07) is 0. The molecular weight excluding hydrogens is 324 g/mol. The van der Waals surface area contributed by atoms with Crippen molar-refractivity contribution in [2.24, 2.45) is 5.41 Å². The van der Waals surface area contributed by atoms with E-state index in [4.69, 9.17) is 4.74 Å². The van der Waals surface area contributed by atoms with Crippen molar-refractivity contribution in [2.75, 3.05) is 44.7 Å². The molecule has 6 heteroatoms. The standard InChI is InChI=1S/C14H23BrN2O3/c1-2-5-16-8-13(19)17(9-12(16)18)11-14(10-15)3-6-20-7-4-14/h2-11H2,1H3. The highest BCUT2D eigenvalue weighted by molar-refractivity contribution is 9.09. The molecule has 0 unspecified atom stereocenters. The van der Waals surface area contributed by atoms with E-state index in [2.05, 4.69) is 15.9 Å². The Kier molecular flexibility index (Phi) is 5.43. The van der Waals surface area contributed by atoms with Gasteiger partial charge in [-0.15, -0.1) is 0 Å². The van der Waals surface area contributed by atoms with E-state index in [1.165, 1.54) is 0 Å². The highest BCUT2D eigenvalue weighted by atomic mass is 79.9. The van der Waals surface area contributed by atoms with E-state index >= 15 is 0 Å². The van der Waals surface area contributed by atoms with Crippen LogP contribution in [0.15, 0.2) is 0 Å². The van der Waals surface area contributed by atoms with Crippen molar-refractivity contribution in [3.05, 3.63) is 0 Å². The Labute approximate surface area is 128 Å². The molecule has 2 heterocycles. The van der Waals surface area contributed by atoms with Gasteiger partial charge >= 0.3 is 0 Å². The van der Waals surface area contributed by atoms with E-state index in [-0.39, 0.29) is 30.3 Å². The average Bonchev–Trinajstić information content (AvgIpc) is 2.45. The van der Waals surface area contributed by atoms with Crippen molar-refractivity contribution in [3.8, 4) is 0 Å². The lowest BCUT2D eigenvalue weighted by molar-refractivity contribution is -0.152. The summed E-state index contributed by atoms with van der Waals surface area (Å²) in [6.45, 7) is 5.30. The smallest absolute Gasteiger partial charge is 0.242 e. The largest absolute Gasteiger partial charge is 0.381 e. The monoisotopic (exact) mass is 346 g/mol. The van der Waals surface area contributed by atoms with Gasteiger partial charge in [0.25, 0.3) is 0 Å². The van der Waals surface area contributed by atoms with Gasteiger partial charge in [-0.25, -0.2) is 0 Å². The average molecular weight is 347 g/mol. The summed E-state index contributed by atoms with van der Waals surface area (Å²) in [5, 5.41) is 0.847. The van der Waals surface area contributed by atoms with E-state index in [1.807, 2.05) is 6.92 Å². The Bertz CT molecular complexity index is 369. The molecule has 0 saturated carbocycles. The molecule has 0 radical (unpaired) electrons. The van der Waals surface area contributed by atoms with Crippen LogP contribution in [0, 0.1) is 5.41 Å². The summed E-state index contributed by atoms with van der Waals surface area (Å²) < 4.78 is 5.41. The molecule has 0 atom stereocenters. The maximum Gasteiger partial charge on any atom is 0.242 e. The topological polar surface area (TPSA) is 49.9 Å². The molecule has 0 aromatic heterocycles. The van der Waals surface area contributed by atoms with Gasteiger partial charge in [-0.05, 0) is 19.3 Å². The van der Waals surface area contributed by atoms with Gasteiger partial charge in [0.15, 0.2) is 0 Å². The molecule has 2 aliphatic heterocycles. The Hall–Kier alpha value is -0.620. The second-order valence-corrected chi connectivity index (χ2v) is 6.37. The van der Waals surface area contributed by atoms with Gasteiger partial charge < -0.3 is 14.5 Å². The molecule has 0 aromatic rings. The number of halogens is 1. The van der Waals surface area contributed by atoms with Crippen LogP contribution in [-0.2, 0) is 14.3 Å². The SMILES string of the molecule is CCCN1CC(=O)N(CC2(CBr)CCOCC2)CC1=O. The third kappa shape index (κ3) is 3.52. The Morgan fingerprint density at radius 2 is 1.75 bits per heavy atom. The molecule has 2 saturated heterocycles. The van der Waals surface area contributed by atoms with Gasteiger partial charge in [0, 0.05) is 37.0 Å². The number of rotatable bonds is 5. The van der Waals surface area contributed by atoms with Crippen molar-refractivity contribution in [2.45, 2.75) is 26.2 Å². The molecule has 2 amide bonds. The van der Waals surface area contributed by atoms with Crippen LogP contribution < -0.4 is 0 Å². The molecule has 2 aliphatic rings. The lowest BCUT2D eigenvalue weighted by Crippen LogP contribution is -2.57. The molecule has 2 rings (SSSR count). The van der Waals surface area contributed by atoms with Crippen LogP contribution in [0.1, 0.15) is 26.2 Å². The number of nitrogens with zero attached hydrogens (tertiary/aromatic N) is 2. The Balaban J connectivity index is 1.99. The van der Waals surface area contributed by atoms with Crippen LogP contribution in [0.3, 0.4) is 0 Å². The number of hydrogen-bond donors (Lipinski definition) is 0. The minimum atomic E-state index is 0.0567. The molecule has 0 spiro atoms. The highest BCUT2D eigenvalue weighted by Crippen LogP contribution is 2.34. The van der Waals surface area contributed by atoms with E-state index in [1.54, 1.807) is 9.80 Å². The van der Waals surface area contributed by atoms with Crippen LogP contribution in [0.5, 0.6) is 0 Å².